The van der Waals surface area contributed by atoms with E-state index in [1.54, 1.807) is 0 Å². The molecule has 0 aliphatic heterocycles. The molecule has 1 heterocycles. The smallest absolute Gasteiger partial charge is 0.236 e. The van der Waals surface area contributed by atoms with E-state index in [1.807, 2.05) is 43.5 Å². The zero-order chi connectivity index (χ0) is 15.9. The van der Waals surface area contributed by atoms with Crippen molar-refractivity contribution in [3.05, 3.63) is 40.9 Å². The van der Waals surface area contributed by atoms with Crippen LogP contribution in [0.25, 0.3) is 0 Å². The second-order valence-electron chi connectivity index (χ2n) is 4.75. The van der Waals surface area contributed by atoms with E-state index in [4.69, 9.17) is 0 Å². The maximum Gasteiger partial charge on any atom is 0.236 e. The van der Waals surface area contributed by atoms with Crippen LogP contribution in [0, 0.1) is 13.8 Å². The molecule has 2 rings (SSSR count). The highest BCUT2D eigenvalue weighted by Gasteiger charge is 2.08. The Labute approximate surface area is 137 Å². The summed E-state index contributed by atoms with van der Waals surface area (Å²) in [5.41, 5.74) is 2.78. The largest absolute Gasteiger partial charge is 0.325 e. The van der Waals surface area contributed by atoms with E-state index in [9.17, 15) is 9.59 Å². The Hall–Kier alpha value is -1.86. The molecular formula is C15H17N3O2S2. The molecule has 0 spiro atoms. The van der Waals surface area contributed by atoms with Gasteiger partial charge in [0, 0.05) is 11.1 Å². The number of aromatic nitrogens is 1. The van der Waals surface area contributed by atoms with Crippen molar-refractivity contribution in [2.24, 2.45) is 0 Å². The number of thioether (sulfide) groups is 1. The Bertz CT molecular complexity index is 653. The fraction of sp³-hybridized carbons (Fsp3) is 0.267. The Morgan fingerprint density at radius 3 is 2.32 bits per heavy atom. The molecule has 116 valence electrons. The van der Waals surface area contributed by atoms with Crippen molar-refractivity contribution in [2.75, 3.05) is 22.1 Å². The highest BCUT2D eigenvalue weighted by Crippen LogP contribution is 2.15. The van der Waals surface area contributed by atoms with Gasteiger partial charge in [-0.2, -0.15) is 0 Å². The summed E-state index contributed by atoms with van der Waals surface area (Å²) in [6.45, 7) is 3.86. The zero-order valence-electron chi connectivity index (χ0n) is 12.4. The molecule has 0 unspecified atom stereocenters. The first-order valence-corrected chi connectivity index (χ1v) is 8.72. The van der Waals surface area contributed by atoms with Gasteiger partial charge in [0.05, 0.1) is 17.2 Å². The van der Waals surface area contributed by atoms with E-state index in [0.717, 1.165) is 16.9 Å². The average Bonchev–Trinajstić information content (AvgIpc) is 2.86. The first kappa shape index (κ1) is 16.5. The van der Waals surface area contributed by atoms with E-state index in [2.05, 4.69) is 15.6 Å². The summed E-state index contributed by atoms with van der Waals surface area (Å²) in [7, 11) is 0. The lowest BCUT2D eigenvalue weighted by Gasteiger charge is -2.05. The van der Waals surface area contributed by atoms with Crippen LogP contribution in [0.3, 0.4) is 0 Å². The second kappa shape index (κ2) is 7.95. The van der Waals surface area contributed by atoms with Crippen molar-refractivity contribution < 1.29 is 9.59 Å². The highest BCUT2D eigenvalue weighted by molar-refractivity contribution is 8.00. The molecule has 2 N–H and O–H groups in total. The number of rotatable bonds is 6. The van der Waals surface area contributed by atoms with E-state index < -0.39 is 0 Å². The summed E-state index contributed by atoms with van der Waals surface area (Å²) in [6, 6.07) is 7.59. The second-order valence-corrected chi connectivity index (χ2v) is 6.59. The van der Waals surface area contributed by atoms with E-state index in [-0.39, 0.29) is 23.3 Å². The van der Waals surface area contributed by atoms with Crippen LogP contribution in [-0.2, 0) is 9.59 Å². The van der Waals surface area contributed by atoms with Crippen LogP contribution in [0.5, 0.6) is 0 Å². The molecule has 2 amide bonds. The van der Waals surface area contributed by atoms with Crippen LogP contribution in [0.1, 0.15) is 11.3 Å². The normalized spacial score (nSPS) is 10.3. The van der Waals surface area contributed by atoms with Gasteiger partial charge in [-0.1, -0.05) is 17.7 Å². The lowest BCUT2D eigenvalue weighted by molar-refractivity contribution is -0.114. The summed E-state index contributed by atoms with van der Waals surface area (Å²) in [5.74, 6) is 0.187. The van der Waals surface area contributed by atoms with E-state index >= 15 is 0 Å². The van der Waals surface area contributed by atoms with Gasteiger partial charge >= 0.3 is 0 Å². The van der Waals surface area contributed by atoms with Crippen LogP contribution in [-0.4, -0.2) is 28.3 Å². The van der Waals surface area contributed by atoms with Gasteiger partial charge < -0.3 is 10.6 Å². The molecule has 0 atom stereocenters. The number of thiazole rings is 1. The first-order valence-electron chi connectivity index (χ1n) is 6.69. The summed E-state index contributed by atoms with van der Waals surface area (Å²) in [4.78, 5) is 27.6. The minimum Gasteiger partial charge on any atom is -0.325 e. The Kier molecular flexibility index (Phi) is 5.97. The number of benzene rings is 1. The zero-order valence-corrected chi connectivity index (χ0v) is 14.0. The van der Waals surface area contributed by atoms with E-state index in [0.29, 0.717) is 5.13 Å². The molecular weight excluding hydrogens is 318 g/mol. The van der Waals surface area contributed by atoms with Gasteiger partial charge in [0.1, 0.15) is 0 Å². The number of nitrogens with zero attached hydrogens (tertiary/aromatic N) is 1. The molecule has 0 radical (unpaired) electrons. The standard InChI is InChI=1S/C15H17N3O2S2/c1-10-3-5-12(6-4-10)17-13(19)8-21-9-14(20)18-15-16-11(2)7-22-15/h3-7H,8-9H2,1-2H3,(H,17,19)(H,16,18,20). The van der Waals surface area contributed by atoms with Gasteiger partial charge in [-0.3, -0.25) is 9.59 Å². The summed E-state index contributed by atoms with van der Waals surface area (Å²) < 4.78 is 0. The van der Waals surface area contributed by atoms with Gasteiger partial charge in [0.2, 0.25) is 11.8 Å². The highest BCUT2D eigenvalue weighted by atomic mass is 32.2. The minimum atomic E-state index is -0.150. The predicted molar refractivity (Wildman–Crippen MR) is 92.6 cm³/mol. The van der Waals surface area contributed by atoms with E-state index in [1.165, 1.54) is 23.1 Å². The lowest BCUT2D eigenvalue weighted by Crippen LogP contribution is -2.18. The maximum atomic E-state index is 11.8. The molecule has 0 aliphatic rings. The van der Waals surface area contributed by atoms with Crippen LogP contribution in [0.4, 0.5) is 10.8 Å². The third-order valence-corrected chi connectivity index (χ3v) is 4.48. The van der Waals surface area contributed by atoms with Gasteiger partial charge in [-0.05, 0) is 26.0 Å². The number of amides is 2. The number of anilines is 2. The number of hydrogen-bond acceptors (Lipinski definition) is 5. The van der Waals surface area contributed by atoms with Crippen molar-refractivity contribution in [1.29, 1.82) is 0 Å². The molecule has 22 heavy (non-hydrogen) atoms. The SMILES string of the molecule is Cc1ccc(NC(=O)CSCC(=O)Nc2nc(C)cs2)cc1. The average molecular weight is 335 g/mol. The molecule has 0 fully saturated rings. The molecule has 0 saturated heterocycles. The van der Waals surface area contributed by atoms with Crippen molar-refractivity contribution in [3.8, 4) is 0 Å². The minimum absolute atomic E-state index is 0.119. The fourth-order valence-corrected chi connectivity index (χ4v) is 2.96. The number of carbonyl (C=O) groups is 2. The van der Waals surface area contributed by atoms with Gasteiger partial charge in [-0.15, -0.1) is 23.1 Å². The molecule has 0 bridgehead atoms. The molecule has 0 saturated carbocycles. The Balaban J connectivity index is 1.68. The van der Waals surface area contributed by atoms with Crippen LogP contribution < -0.4 is 10.6 Å². The molecule has 7 heteroatoms. The van der Waals surface area contributed by atoms with Gasteiger partial charge in [0.15, 0.2) is 5.13 Å². The third kappa shape index (κ3) is 5.50. The van der Waals surface area contributed by atoms with Crippen LogP contribution in [0.2, 0.25) is 0 Å². The molecule has 1 aromatic heterocycles. The van der Waals surface area contributed by atoms with Crippen LogP contribution in [0.15, 0.2) is 29.6 Å². The van der Waals surface area contributed by atoms with Crippen molar-refractivity contribution >= 4 is 45.7 Å². The van der Waals surface area contributed by atoms with Gasteiger partial charge in [-0.25, -0.2) is 4.98 Å². The number of hydrogen-bond donors (Lipinski definition) is 2. The summed E-state index contributed by atoms with van der Waals surface area (Å²) >= 11 is 2.66. The molecule has 5 nitrogen and oxygen atoms in total. The Morgan fingerprint density at radius 2 is 1.73 bits per heavy atom. The topological polar surface area (TPSA) is 71.1 Å². The van der Waals surface area contributed by atoms with Crippen molar-refractivity contribution in [3.63, 3.8) is 0 Å². The number of aryl methyl sites for hydroxylation is 2. The van der Waals surface area contributed by atoms with Crippen molar-refractivity contribution in [2.45, 2.75) is 13.8 Å². The van der Waals surface area contributed by atoms with Crippen LogP contribution >= 0.6 is 23.1 Å². The summed E-state index contributed by atoms with van der Waals surface area (Å²) in [5, 5.41) is 7.97. The predicted octanol–water partition coefficient (Wildman–Crippen LogP) is 3.07. The summed E-state index contributed by atoms with van der Waals surface area (Å²) in [6.07, 6.45) is 0. The Morgan fingerprint density at radius 1 is 1.09 bits per heavy atom. The molecule has 1 aromatic carbocycles. The molecule has 0 aliphatic carbocycles. The number of carbonyl (C=O) groups excluding carboxylic acids is 2. The van der Waals surface area contributed by atoms with Gasteiger partial charge in [0.25, 0.3) is 0 Å². The van der Waals surface area contributed by atoms with Crippen molar-refractivity contribution in [1.82, 2.24) is 4.98 Å². The molecule has 2 aromatic rings. The lowest BCUT2D eigenvalue weighted by atomic mass is 10.2. The quantitative estimate of drug-likeness (QED) is 0.851. The number of nitrogens with one attached hydrogen (secondary N) is 2. The first-order chi connectivity index (χ1) is 10.5. The third-order valence-electron chi connectivity index (χ3n) is 2.67. The monoisotopic (exact) mass is 335 g/mol. The fourth-order valence-electron chi connectivity index (χ4n) is 1.64. The maximum absolute atomic E-state index is 11.8.